The first-order valence-corrected chi connectivity index (χ1v) is 11.0. The van der Waals surface area contributed by atoms with Crippen molar-refractivity contribution in [2.75, 3.05) is 0 Å². The summed E-state index contributed by atoms with van der Waals surface area (Å²) in [6, 6.07) is 21.5. The van der Waals surface area contributed by atoms with Gasteiger partial charge in [-0.25, -0.2) is 0 Å². The van der Waals surface area contributed by atoms with Gasteiger partial charge in [-0.1, -0.05) is 80.8 Å². The molecular weight excluding hydrogens is 336 g/mol. The average Bonchev–Trinajstić information content (AvgIpc) is 2.93. The summed E-state index contributed by atoms with van der Waals surface area (Å²) in [6.45, 7) is 6.91. The normalized spacial score (nSPS) is 15.5. The van der Waals surface area contributed by atoms with Crippen LogP contribution in [0.5, 0.6) is 0 Å². The van der Waals surface area contributed by atoms with Crippen LogP contribution in [0.2, 0.25) is 0 Å². The number of benzene rings is 3. The molecule has 142 valence electrons. The molecule has 0 amide bonds. The number of aryl methyl sites for hydroxylation is 3. The largest absolute Gasteiger partial charge is 0.0653 e. The molecule has 28 heavy (non-hydrogen) atoms. The highest BCUT2D eigenvalue weighted by molar-refractivity contribution is 5.84. The Bertz CT molecular complexity index is 1050. The molecule has 0 N–H and O–H groups in total. The zero-order valence-corrected chi connectivity index (χ0v) is 17.4. The molecule has 0 nitrogen and oxygen atoms in total. The van der Waals surface area contributed by atoms with Gasteiger partial charge in [0.05, 0.1) is 0 Å². The Kier molecular flexibility index (Phi) is 4.19. The summed E-state index contributed by atoms with van der Waals surface area (Å²) in [5.74, 6) is 0. The van der Waals surface area contributed by atoms with Crippen LogP contribution in [0.1, 0.15) is 67.3 Å². The van der Waals surface area contributed by atoms with Crippen molar-refractivity contribution in [3.05, 3.63) is 82.4 Å². The Morgan fingerprint density at radius 3 is 1.93 bits per heavy atom. The first-order chi connectivity index (χ1) is 13.7. The molecule has 0 spiro atoms. The van der Waals surface area contributed by atoms with Crippen LogP contribution >= 0.6 is 0 Å². The van der Waals surface area contributed by atoms with Gasteiger partial charge >= 0.3 is 0 Å². The first-order valence-electron chi connectivity index (χ1n) is 11.0. The Hall–Kier alpha value is -2.34. The average molecular weight is 367 g/mol. The fourth-order valence-electron chi connectivity index (χ4n) is 5.68. The highest BCUT2D eigenvalue weighted by Gasteiger charge is 2.41. The minimum absolute atomic E-state index is 0.177. The van der Waals surface area contributed by atoms with E-state index in [4.69, 9.17) is 0 Å². The van der Waals surface area contributed by atoms with Gasteiger partial charge in [0.15, 0.2) is 0 Å². The van der Waals surface area contributed by atoms with Crippen LogP contribution in [0.15, 0.2) is 54.6 Å². The third-order valence-electron chi connectivity index (χ3n) is 7.07. The van der Waals surface area contributed by atoms with Crippen LogP contribution in [-0.4, -0.2) is 0 Å². The van der Waals surface area contributed by atoms with Gasteiger partial charge in [0, 0.05) is 5.41 Å². The standard InChI is InChI=1S/C28H30/c1-4-14-28(15-5-2)26-16-19(3)6-12-24(26)25-13-11-23(18-27(25)28)22-10-8-20-7-9-21(20)17-22/h6,8,10-13,16-18H,4-5,7,9,14-15H2,1-3H3. The van der Waals surface area contributed by atoms with Crippen molar-refractivity contribution in [3.8, 4) is 22.3 Å². The molecule has 0 radical (unpaired) electrons. The third kappa shape index (κ3) is 2.50. The van der Waals surface area contributed by atoms with Gasteiger partial charge in [-0.05, 0) is 83.2 Å². The van der Waals surface area contributed by atoms with Crippen LogP contribution in [-0.2, 0) is 18.3 Å². The van der Waals surface area contributed by atoms with E-state index in [0.717, 1.165) is 0 Å². The molecule has 2 aliphatic carbocycles. The van der Waals surface area contributed by atoms with Crippen molar-refractivity contribution in [1.29, 1.82) is 0 Å². The molecule has 0 heterocycles. The lowest BCUT2D eigenvalue weighted by molar-refractivity contribution is 0.436. The molecular formula is C28H30. The summed E-state index contributed by atoms with van der Waals surface area (Å²) in [5, 5.41) is 0. The van der Waals surface area contributed by atoms with Gasteiger partial charge in [-0.2, -0.15) is 0 Å². The summed E-state index contributed by atoms with van der Waals surface area (Å²) < 4.78 is 0. The molecule has 0 atom stereocenters. The molecule has 3 aromatic carbocycles. The summed E-state index contributed by atoms with van der Waals surface area (Å²) in [6.07, 6.45) is 7.40. The smallest absolute Gasteiger partial charge is 0.0215 e. The molecule has 2 aliphatic rings. The monoisotopic (exact) mass is 366 g/mol. The molecule has 0 aliphatic heterocycles. The molecule has 0 heteroatoms. The van der Waals surface area contributed by atoms with Crippen molar-refractivity contribution >= 4 is 0 Å². The summed E-state index contributed by atoms with van der Waals surface area (Å²) in [4.78, 5) is 0. The minimum atomic E-state index is 0.177. The zero-order valence-electron chi connectivity index (χ0n) is 17.4. The van der Waals surface area contributed by atoms with Crippen LogP contribution < -0.4 is 0 Å². The Labute approximate surface area is 169 Å². The number of hydrogen-bond donors (Lipinski definition) is 0. The van der Waals surface area contributed by atoms with Crippen LogP contribution in [0.3, 0.4) is 0 Å². The Morgan fingerprint density at radius 1 is 0.679 bits per heavy atom. The topological polar surface area (TPSA) is 0 Å². The number of rotatable bonds is 5. The number of hydrogen-bond acceptors (Lipinski definition) is 0. The minimum Gasteiger partial charge on any atom is -0.0653 e. The fraction of sp³-hybridized carbons (Fsp3) is 0.357. The second kappa shape index (κ2) is 6.62. The Balaban J connectivity index is 1.71. The van der Waals surface area contributed by atoms with E-state index in [9.17, 15) is 0 Å². The Morgan fingerprint density at radius 2 is 1.29 bits per heavy atom. The SMILES string of the molecule is CCCC1(CCC)c2cc(C)ccc2-c2ccc(-c3ccc4c(c3)CC4)cc21. The van der Waals surface area contributed by atoms with Gasteiger partial charge in [0.1, 0.15) is 0 Å². The van der Waals surface area contributed by atoms with Gasteiger partial charge in [0.2, 0.25) is 0 Å². The molecule has 5 rings (SSSR count). The maximum Gasteiger partial charge on any atom is 0.0215 e. The van der Waals surface area contributed by atoms with Gasteiger partial charge in [-0.15, -0.1) is 0 Å². The van der Waals surface area contributed by atoms with Gasteiger partial charge in [0.25, 0.3) is 0 Å². The first kappa shape index (κ1) is 17.7. The maximum atomic E-state index is 2.52. The quantitative estimate of drug-likeness (QED) is 0.435. The fourth-order valence-corrected chi connectivity index (χ4v) is 5.68. The third-order valence-corrected chi connectivity index (χ3v) is 7.07. The highest BCUT2D eigenvalue weighted by Crippen LogP contribution is 2.54. The van der Waals surface area contributed by atoms with E-state index >= 15 is 0 Å². The predicted octanol–water partition coefficient (Wildman–Crippen LogP) is 7.63. The lowest BCUT2D eigenvalue weighted by Gasteiger charge is -2.32. The zero-order chi connectivity index (χ0) is 19.3. The summed E-state index contributed by atoms with van der Waals surface area (Å²) in [7, 11) is 0. The van der Waals surface area contributed by atoms with Gasteiger partial charge < -0.3 is 0 Å². The molecule has 0 aromatic heterocycles. The van der Waals surface area contributed by atoms with Crippen LogP contribution in [0.4, 0.5) is 0 Å². The van der Waals surface area contributed by atoms with Crippen molar-refractivity contribution in [2.45, 2.75) is 64.7 Å². The molecule has 0 unspecified atom stereocenters. The van der Waals surface area contributed by atoms with E-state index in [2.05, 4.69) is 75.4 Å². The van der Waals surface area contributed by atoms with Crippen molar-refractivity contribution in [1.82, 2.24) is 0 Å². The lowest BCUT2D eigenvalue weighted by Crippen LogP contribution is -2.25. The molecule has 0 fully saturated rings. The van der Waals surface area contributed by atoms with Crippen molar-refractivity contribution < 1.29 is 0 Å². The molecule has 0 saturated carbocycles. The summed E-state index contributed by atoms with van der Waals surface area (Å²) >= 11 is 0. The maximum absolute atomic E-state index is 2.52. The second-order valence-electron chi connectivity index (χ2n) is 8.87. The van der Waals surface area contributed by atoms with Crippen molar-refractivity contribution in [2.24, 2.45) is 0 Å². The van der Waals surface area contributed by atoms with E-state index in [1.54, 1.807) is 22.3 Å². The molecule has 0 saturated heterocycles. The van der Waals surface area contributed by atoms with E-state index in [1.165, 1.54) is 66.3 Å². The highest BCUT2D eigenvalue weighted by atomic mass is 14.4. The molecule has 3 aromatic rings. The van der Waals surface area contributed by atoms with E-state index in [-0.39, 0.29) is 5.41 Å². The summed E-state index contributed by atoms with van der Waals surface area (Å²) in [5.41, 5.74) is 13.5. The predicted molar refractivity (Wildman–Crippen MR) is 120 cm³/mol. The van der Waals surface area contributed by atoms with Gasteiger partial charge in [-0.3, -0.25) is 0 Å². The lowest BCUT2D eigenvalue weighted by atomic mass is 9.71. The number of fused-ring (bicyclic) bond motifs is 4. The van der Waals surface area contributed by atoms with Crippen LogP contribution in [0.25, 0.3) is 22.3 Å². The van der Waals surface area contributed by atoms with Crippen LogP contribution in [0, 0.1) is 6.92 Å². The molecule has 0 bridgehead atoms. The van der Waals surface area contributed by atoms with E-state index < -0.39 is 0 Å². The van der Waals surface area contributed by atoms with Crippen molar-refractivity contribution in [3.63, 3.8) is 0 Å². The van der Waals surface area contributed by atoms with E-state index in [0.29, 0.717) is 0 Å². The van der Waals surface area contributed by atoms with E-state index in [1.807, 2.05) is 0 Å². The second-order valence-corrected chi connectivity index (χ2v) is 8.87.